The summed E-state index contributed by atoms with van der Waals surface area (Å²) < 4.78 is 0. The molecule has 1 unspecified atom stereocenters. The zero-order valence-corrected chi connectivity index (χ0v) is 11.5. The zero-order valence-electron chi connectivity index (χ0n) is 11.5. The molecular weight excluding hydrogens is 210 g/mol. The van der Waals surface area contributed by atoms with Crippen LogP contribution in [0.1, 0.15) is 26.3 Å². The lowest BCUT2D eigenvalue weighted by molar-refractivity contribution is 0.241. The standard InChI is InChI=1S/C14H25N3/c1-12(2)9-16-10-13(3)17(4)11-14-5-7-15-8-6-14/h5-8,12-13,16H,9-11H2,1-4H3. The first-order chi connectivity index (χ1) is 8.09. The molecule has 1 aromatic rings. The Kier molecular flexibility index (Phi) is 6.16. The fourth-order valence-corrected chi connectivity index (χ4v) is 1.67. The third-order valence-corrected chi connectivity index (χ3v) is 2.93. The van der Waals surface area contributed by atoms with Crippen LogP contribution in [0, 0.1) is 5.92 Å². The molecule has 0 spiro atoms. The zero-order chi connectivity index (χ0) is 12.7. The predicted molar refractivity (Wildman–Crippen MR) is 72.9 cm³/mol. The van der Waals surface area contributed by atoms with Crippen molar-refractivity contribution in [3.05, 3.63) is 30.1 Å². The van der Waals surface area contributed by atoms with Crippen molar-refractivity contribution in [2.24, 2.45) is 5.92 Å². The molecule has 17 heavy (non-hydrogen) atoms. The number of nitrogens with one attached hydrogen (secondary N) is 1. The van der Waals surface area contributed by atoms with Crippen LogP contribution < -0.4 is 5.32 Å². The summed E-state index contributed by atoms with van der Waals surface area (Å²) in [6, 6.07) is 4.69. The van der Waals surface area contributed by atoms with E-state index >= 15 is 0 Å². The molecule has 0 saturated heterocycles. The minimum Gasteiger partial charge on any atom is -0.315 e. The van der Waals surface area contributed by atoms with Crippen LogP contribution in [-0.4, -0.2) is 36.1 Å². The first-order valence-electron chi connectivity index (χ1n) is 6.39. The molecule has 0 radical (unpaired) electrons. The number of pyridine rings is 1. The van der Waals surface area contributed by atoms with Gasteiger partial charge in [0.1, 0.15) is 0 Å². The van der Waals surface area contributed by atoms with E-state index in [2.05, 4.69) is 55.2 Å². The molecule has 0 saturated carbocycles. The summed E-state index contributed by atoms with van der Waals surface area (Å²) in [5, 5.41) is 3.50. The summed E-state index contributed by atoms with van der Waals surface area (Å²) in [7, 11) is 2.17. The van der Waals surface area contributed by atoms with Crippen molar-refractivity contribution in [2.75, 3.05) is 20.1 Å². The average Bonchev–Trinajstić information content (AvgIpc) is 2.29. The summed E-state index contributed by atoms with van der Waals surface area (Å²) in [5.74, 6) is 0.715. The third-order valence-electron chi connectivity index (χ3n) is 2.93. The Morgan fingerprint density at radius 1 is 1.18 bits per heavy atom. The van der Waals surface area contributed by atoms with Gasteiger partial charge in [-0.15, -0.1) is 0 Å². The second-order valence-electron chi connectivity index (χ2n) is 5.17. The van der Waals surface area contributed by atoms with E-state index in [1.54, 1.807) is 0 Å². The van der Waals surface area contributed by atoms with Crippen molar-refractivity contribution >= 4 is 0 Å². The van der Waals surface area contributed by atoms with Crippen LogP contribution in [-0.2, 0) is 6.54 Å². The van der Waals surface area contributed by atoms with Gasteiger partial charge >= 0.3 is 0 Å². The van der Waals surface area contributed by atoms with Gasteiger partial charge in [-0.05, 0) is 44.1 Å². The summed E-state index contributed by atoms with van der Waals surface area (Å²) in [5.41, 5.74) is 1.32. The SMILES string of the molecule is CC(C)CNCC(C)N(C)Cc1ccncc1. The van der Waals surface area contributed by atoms with Crippen molar-refractivity contribution in [1.29, 1.82) is 0 Å². The molecule has 0 fully saturated rings. The lowest BCUT2D eigenvalue weighted by Gasteiger charge is -2.25. The highest BCUT2D eigenvalue weighted by atomic mass is 15.1. The van der Waals surface area contributed by atoms with Gasteiger partial charge in [0.2, 0.25) is 0 Å². The molecule has 0 aliphatic rings. The molecule has 1 aromatic heterocycles. The van der Waals surface area contributed by atoms with Crippen molar-refractivity contribution in [3.63, 3.8) is 0 Å². The Morgan fingerprint density at radius 3 is 2.41 bits per heavy atom. The summed E-state index contributed by atoms with van der Waals surface area (Å²) in [4.78, 5) is 6.40. The number of aromatic nitrogens is 1. The van der Waals surface area contributed by atoms with Crippen LogP contribution in [0.4, 0.5) is 0 Å². The van der Waals surface area contributed by atoms with Gasteiger partial charge in [0.15, 0.2) is 0 Å². The number of hydrogen-bond acceptors (Lipinski definition) is 3. The number of rotatable bonds is 7. The highest BCUT2D eigenvalue weighted by Gasteiger charge is 2.09. The molecule has 3 nitrogen and oxygen atoms in total. The highest BCUT2D eigenvalue weighted by molar-refractivity contribution is 5.09. The van der Waals surface area contributed by atoms with Crippen LogP contribution in [0.15, 0.2) is 24.5 Å². The van der Waals surface area contributed by atoms with Gasteiger partial charge < -0.3 is 5.32 Å². The molecule has 1 heterocycles. The Balaban J connectivity index is 2.29. The Morgan fingerprint density at radius 2 is 1.82 bits per heavy atom. The van der Waals surface area contributed by atoms with E-state index < -0.39 is 0 Å². The maximum absolute atomic E-state index is 4.04. The molecule has 0 aliphatic heterocycles. The van der Waals surface area contributed by atoms with E-state index in [1.165, 1.54) is 5.56 Å². The van der Waals surface area contributed by atoms with Crippen LogP contribution >= 0.6 is 0 Å². The molecule has 1 atom stereocenters. The monoisotopic (exact) mass is 235 g/mol. The lowest BCUT2D eigenvalue weighted by atomic mass is 10.2. The normalized spacial score (nSPS) is 13.3. The van der Waals surface area contributed by atoms with E-state index in [1.807, 2.05) is 12.4 Å². The Labute approximate surface area is 105 Å². The maximum Gasteiger partial charge on any atom is 0.0271 e. The van der Waals surface area contributed by atoms with Crippen LogP contribution in [0.5, 0.6) is 0 Å². The summed E-state index contributed by atoms with van der Waals surface area (Å²) >= 11 is 0. The van der Waals surface area contributed by atoms with Gasteiger partial charge in [0.25, 0.3) is 0 Å². The van der Waals surface area contributed by atoms with Gasteiger partial charge in [0.05, 0.1) is 0 Å². The first-order valence-corrected chi connectivity index (χ1v) is 6.39. The molecule has 3 heteroatoms. The van der Waals surface area contributed by atoms with E-state index in [9.17, 15) is 0 Å². The van der Waals surface area contributed by atoms with Crippen molar-refractivity contribution in [3.8, 4) is 0 Å². The van der Waals surface area contributed by atoms with Gasteiger partial charge in [-0.2, -0.15) is 0 Å². The third kappa shape index (κ3) is 5.80. The Hall–Kier alpha value is -0.930. The van der Waals surface area contributed by atoms with E-state index in [-0.39, 0.29) is 0 Å². The second-order valence-corrected chi connectivity index (χ2v) is 5.17. The molecule has 0 bridgehead atoms. The molecule has 96 valence electrons. The molecule has 1 rings (SSSR count). The van der Waals surface area contributed by atoms with E-state index in [0.717, 1.165) is 19.6 Å². The second kappa shape index (κ2) is 7.41. The van der Waals surface area contributed by atoms with E-state index in [4.69, 9.17) is 0 Å². The predicted octanol–water partition coefficient (Wildman–Crippen LogP) is 2.15. The summed E-state index contributed by atoms with van der Waals surface area (Å²) in [6.45, 7) is 9.84. The van der Waals surface area contributed by atoms with Gasteiger partial charge in [-0.1, -0.05) is 13.8 Å². The average molecular weight is 235 g/mol. The molecular formula is C14H25N3. The quantitative estimate of drug-likeness (QED) is 0.785. The fourth-order valence-electron chi connectivity index (χ4n) is 1.67. The molecule has 0 aromatic carbocycles. The van der Waals surface area contributed by atoms with Crippen LogP contribution in [0.2, 0.25) is 0 Å². The Bertz CT molecular complexity index is 298. The van der Waals surface area contributed by atoms with E-state index in [0.29, 0.717) is 12.0 Å². The number of nitrogens with zero attached hydrogens (tertiary/aromatic N) is 2. The van der Waals surface area contributed by atoms with Gasteiger partial charge in [-0.3, -0.25) is 9.88 Å². The fraction of sp³-hybridized carbons (Fsp3) is 0.643. The maximum atomic E-state index is 4.04. The highest BCUT2D eigenvalue weighted by Crippen LogP contribution is 2.04. The number of likely N-dealkylation sites (N-methyl/N-ethyl adjacent to an activating group) is 1. The molecule has 0 amide bonds. The summed E-state index contributed by atoms with van der Waals surface area (Å²) in [6.07, 6.45) is 3.70. The van der Waals surface area contributed by atoms with Gasteiger partial charge in [0, 0.05) is 31.5 Å². The van der Waals surface area contributed by atoms with Gasteiger partial charge in [-0.25, -0.2) is 0 Å². The van der Waals surface area contributed by atoms with Crippen molar-refractivity contribution in [1.82, 2.24) is 15.2 Å². The van der Waals surface area contributed by atoms with Crippen LogP contribution in [0.3, 0.4) is 0 Å². The van der Waals surface area contributed by atoms with Crippen molar-refractivity contribution < 1.29 is 0 Å². The lowest BCUT2D eigenvalue weighted by Crippen LogP contribution is -2.38. The number of hydrogen-bond donors (Lipinski definition) is 1. The molecule has 1 N–H and O–H groups in total. The van der Waals surface area contributed by atoms with Crippen LogP contribution in [0.25, 0.3) is 0 Å². The first kappa shape index (κ1) is 14.1. The largest absolute Gasteiger partial charge is 0.315 e. The smallest absolute Gasteiger partial charge is 0.0271 e. The topological polar surface area (TPSA) is 28.2 Å². The minimum atomic E-state index is 0.543. The molecule has 0 aliphatic carbocycles. The van der Waals surface area contributed by atoms with Crippen molar-refractivity contribution in [2.45, 2.75) is 33.4 Å². The minimum absolute atomic E-state index is 0.543.